The molecule has 1 aromatic rings. The molecule has 1 aliphatic heterocycles. The summed E-state index contributed by atoms with van der Waals surface area (Å²) in [6, 6.07) is 9.86. The lowest BCUT2D eigenvalue weighted by Gasteiger charge is -2.43. The van der Waals surface area contributed by atoms with Crippen molar-refractivity contribution in [2.45, 2.75) is 45.8 Å². The van der Waals surface area contributed by atoms with Crippen molar-refractivity contribution in [2.24, 2.45) is 5.92 Å². The van der Waals surface area contributed by atoms with Crippen LogP contribution in [-0.2, 0) is 6.54 Å². The zero-order chi connectivity index (χ0) is 13.8. The van der Waals surface area contributed by atoms with E-state index in [0.717, 1.165) is 13.1 Å². The number of nitrogens with one attached hydrogen (secondary N) is 1. The zero-order valence-electron chi connectivity index (χ0n) is 12.2. The minimum atomic E-state index is 0.630. The fourth-order valence-corrected chi connectivity index (χ4v) is 3.47. The van der Waals surface area contributed by atoms with Crippen molar-refractivity contribution in [1.82, 2.24) is 10.2 Å². The monoisotopic (exact) mass is 324 g/mol. The van der Waals surface area contributed by atoms with Crippen LogP contribution in [0.4, 0.5) is 0 Å². The first-order valence-electron chi connectivity index (χ1n) is 7.34. The number of hydrogen-bond donors (Lipinski definition) is 1. The minimum absolute atomic E-state index is 0.630. The van der Waals surface area contributed by atoms with E-state index in [0.29, 0.717) is 18.0 Å². The Balaban J connectivity index is 2.01. The molecular formula is C16H25BrN2. The maximum Gasteiger partial charge on any atom is 0.0247 e. The third-order valence-corrected chi connectivity index (χ3v) is 5.27. The van der Waals surface area contributed by atoms with E-state index in [1.54, 1.807) is 0 Å². The minimum Gasteiger partial charge on any atom is -0.314 e. The van der Waals surface area contributed by atoms with Crippen LogP contribution in [0.2, 0.25) is 0 Å². The van der Waals surface area contributed by atoms with Crippen molar-refractivity contribution >= 4 is 15.9 Å². The van der Waals surface area contributed by atoms with Gasteiger partial charge in [-0.05, 0) is 37.4 Å². The molecule has 19 heavy (non-hydrogen) atoms. The van der Waals surface area contributed by atoms with Crippen LogP contribution in [0.1, 0.15) is 32.8 Å². The molecule has 1 heterocycles. The first kappa shape index (κ1) is 15.0. The summed E-state index contributed by atoms with van der Waals surface area (Å²) in [6.07, 6.45) is 1.25. The molecule has 0 bridgehead atoms. The van der Waals surface area contributed by atoms with E-state index in [-0.39, 0.29) is 0 Å². The van der Waals surface area contributed by atoms with E-state index in [1.807, 2.05) is 0 Å². The van der Waals surface area contributed by atoms with Gasteiger partial charge in [-0.25, -0.2) is 0 Å². The molecule has 1 saturated heterocycles. The first-order chi connectivity index (χ1) is 9.13. The summed E-state index contributed by atoms with van der Waals surface area (Å²) in [7, 11) is 0. The van der Waals surface area contributed by atoms with Crippen LogP contribution in [-0.4, -0.2) is 30.1 Å². The molecule has 0 saturated carbocycles. The number of benzene rings is 1. The Bertz CT molecular complexity index is 407. The fraction of sp³-hybridized carbons (Fsp3) is 0.625. The lowest BCUT2D eigenvalue weighted by atomic mass is 9.86. The van der Waals surface area contributed by atoms with E-state index < -0.39 is 0 Å². The van der Waals surface area contributed by atoms with Crippen molar-refractivity contribution in [3.05, 3.63) is 34.3 Å². The van der Waals surface area contributed by atoms with Crippen LogP contribution in [0.5, 0.6) is 0 Å². The topological polar surface area (TPSA) is 15.3 Å². The maximum absolute atomic E-state index is 3.66. The number of likely N-dealkylation sites (tertiary alicyclic amines) is 1. The third kappa shape index (κ3) is 3.59. The third-order valence-electron chi connectivity index (χ3n) is 4.50. The molecule has 0 aliphatic carbocycles. The van der Waals surface area contributed by atoms with Crippen LogP contribution in [0.25, 0.3) is 0 Å². The molecule has 3 unspecified atom stereocenters. The van der Waals surface area contributed by atoms with E-state index in [4.69, 9.17) is 0 Å². The molecule has 3 atom stereocenters. The number of nitrogens with zero attached hydrogens (tertiary/aromatic N) is 1. The fourth-order valence-electron chi connectivity index (χ4n) is 3.06. The van der Waals surface area contributed by atoms with E-state index in [1.165, 1.54) is 23.0 Å². The van der Waals surface area contributed by atoms with Gasteiger partial charge in [0.2, 0.25) is 0 Å². The highest BCUT2D eigenvalue weighted by atomic mass is 79.9. The molecule has 0 amide bonds. The van der Waals surface area contributed by atoms with Crippen molar-refractivity contribution in [2.75, 3.05) is 13.1 Å². The van der Waals surface area contributed by atoms with Crippen molar-refractivity contribution in [1.29, 1.82) is 0 Å². The van der Waals surface area contributed by atoms with Crippen molar-refractivity contribution in [3.8, 4) is 0 Å². The molecule has 1 aliphatic rings. The Morgan fingerprint density at radius 1 is 1.32 bits per heavy atom. The quantitative estimate of drug-likeness (QED) is 0.909. The smallest absolute Gasteiger partial charge is 0.0247 e. The predicted molar refractivity (Wildman–Crippen MR) is 85.3 cm³/mol. The summed E-state index contributed by atoms with van der Waals surface area (Å²) in [6.45, 7) is 10.3. The number of halogens is 1. The second-order valence-corrected chi connectivity index (χ2v) is 6.47. The number of rotatable bonds is 4. The van der Waals surface area contributed by atoms with Gasteiger partial charge in [-0.1, -0.05) is 48.0 Å². The largest absolute Gasteiger partial charge is 0.314 e. The molecular weight excluding hydrogens is 300 g/mol. The molecule has 0 spiro atoms. The van der Waals surface area contributed by atoms with Gasteiger partial charge in [0.05, 0.1) is 0 Å². The van der Waals surface area contributed by atoms with Gasteiger partial charge in [-0.2, -0.15) is 0 Å². The Hall–Kier alpha value is -0.380. The summed E-state index contributed by atoms with van der Waals surface area (Å²) < 4.78 is 1.23. The molecule has 1 N–H and O–H groups in total. The van der Waals surface area contributed by atoms with E-state index in [9.17, 15) is 0 Å². The normalized spacial score (nSPS) is 28.5. The van der Waals surface area contributed by atoms with Crippen LogP contribution >= 0.6 is 15.9 Å². The molecule has 1 fully saturated rings. The molecule has 2 nitrogen and oxygen atoms in total. The highest BCUT2D eigenvalue weighted by Gasteiger charge is 2.31. The van der Waals surface area contributed by atoms with Crippen LogP contribution in [0.3, 0.4) is 0 Å². The summed E-state index contributed by atoms with van der Waals surface area (Å²) in [5.41, 5.74) is 1.39. The zero-order valence-corrected chi connectivity index (χ0v) is 13.8. The van der Waals surface area contributed by atoms with Gasteiger partial charge in [0, 0.05) is 29.6 Å². The lowest BCUT2D eigenvalue weighted by molar-refractivity contribution is 0.0789. The highest BCUT2D eigenvalue weighted by Crippen LogP contribution is 2.27. The molecule has 2 rings (SSSR count). The van der Waals surface area contributed by atoms with Gasteiger partial charge in [-0.15, -0.1) is 0 Å². The lowest BCUT2D eigenvalue weighted by Crippen LogP contribution is -2.52. The molecule has 0 radical (unpaired) electrons. The van der Waals surface area contributed by atoms with Gasteiger partial charge in [0.1, 0.15) is 0 Å². The second kappa shape index (κ2) is 6.87. The molecule has 0 aromatic heterocycles. The van der Waals surface area contributed by atoms with Gasteiger partial charge in [0.15, 0.2) is 0 Å². The van der Waals surface area contributed by atoms with Gasteiger partial charge in [-0.3, -0.25) is 4.90 Å². The Kier molecular flexibility index (Phi) is 5.43. The standard InChI is InChI=1S/C16H25BrN2/c1-4-18-16-9-10-19(13(3)12(16)2)11-14-7-5-6-8-15(14)17/h5-8,12-13,16,18H,4,9-11H2,1-3H3. The molecule has 1 aromatic carbocycles. The second-order valence-electron chi connectivity index (χ2n) is 5.61. The summed E-state index contributed by atoms with van der Waals surface area (Å²) in [5.74, 6) is 0.705. The summed E-state index contributed by atoms with van der Waals surface area (Å²) in [5, 5.41) is 3.62. The van der Waals surface area contributed by atoms with Gasteiger partial charge in [0.25, 0.3) is 0 Å². The van der Waals surface area contributed by atoms with Crippen LogP contribution < -0.4 is 5.32 Å². The van der Waals surface area contributed by atoms with Gasteiger partial charge >= 0.3 is 0 Å². The van der Waals surface area contributed by atoms with Crippen LogP contribution in [0, 0.1) is 5.92 Å². The van der Waals surface area contributed by atoms with Gasteiger partial charge < -0.3 is 5.32 Å². The highest BCUT2D eigenvalue weighted by molar-refractivity contribution is 9.10. The maximum atomic E-state index is 3.66. The van der Waals surface area contributed by atoms with Crippen LogP contribution in [0.15, 0.2) is 28.7 Å². The Labute approximate surface area is 125 Å². The van der Waals surface area contributed by atoms with E-state index in [2.05, 4.69) is 71.2 Å². The average Bonchev–Trinajstić information content (AvgIpc) is 2.41. The summed E-state index contributed by atoms with van der Waals surface area (Å²) in [4.78, 5) is 2.61. The predicted octanol–water partition coefficient (Wildman–Crippen LogP) is 3.66. The van der Waals surface area contributed by atoms with Crippen molar-refractivity contribution < 1.29 is 0 Å². The van der Waals surface area contributed by atoms with Crippen molar-refractivity contribution in [3.63, 3.8) is 0 Å². The SMILES string of the molecule is CCNC1CCN(Cc2ccccc2Br)C(C)C1C. The number of hydrogen-bond acceptors (Lipinski definition) is 2. The summed E-state index contributed by atoms with van der Waals surface area (Å²) >= 11 is 3.66. The molecule has 3 heteroatoms. The molecule has 106 valence electrons. The first-order valence-corrected chi connectivity index (χ1v) is 8.13. The number of piperidine rings is 1. The Morgan fingerprint density at radius 2 is 2.05 bits per heavy atom. The average molecular weight is 325 g/mol. The Morgan fingerprint density at radius 3 is 2.74 bits per heavy atom. The van der Waals surface area contributed by atoms with E-state index >= 15 is 0 Å².